The molecular weight excluding hydrogens is 280 g/mol. The van der Waals surface area contributed by atoms with Crippen LogP contribution in [0.2, 0.25) is 0 Å². The van der Waals surface area contributed by atoms with Crippen molar-refractivity contribution in [2.45, 2.75) is 13.5 Å². The minimum Gasteiger partial charge on any atom is -0.312 e. The first-order valence-electron chi connectivity index (χ1n) is 4.25. The van der Waals surface area contributed by atoms with Crippen molar-refractivity contribution in [2.24, 2.45) is 0 Å². The summed E-state index contributed by atoms with van der Waals surface area (Å²) in [6, 6.07) is 4.92. The lowest BCUT2D eigenvalue weighted by Crippen LogP contribution is -2.16. The van der Waals surface area contributed by atoms with Gasteiger partial charge >= 0.3 is 0 Å². The van der Waals surface area contributed by atoms with Crippen molar-refractivity contribution in [2.75, 3.05) is 11.0 Å². The number of hydrogen-bond donors (Lipinski definition) is 1. The van der Waals surface area contributed by atoms with E-state index in [4.69, 9.17) is 0 Å². The van der Waals surface area contributed by atoms with Crippen LogP contribution < -0.4 is 5.32 Å². The Morgan fingerprint density at radius 1 is 1.46 bits per heavy atom. The van der Waals surface area contributed by atoms with Gasteiger partial charge in [-0.25, -0.2) is 4.39 Å². The van der Waals surface area contributed by atoms with Crippen LogP contribution in [-0.2, 0) is 6.54 Å². The van der Waals surface area contributed by atoms with Crippen LogP contribution in [0.5, 0.6) is 0 Å². The summed E-state index contributed by atoms with van der Waals surface area (Å²) in [6.45, 7) is 3.76. The number of aryl methyl sites for hydroxylation is 1. The van der Waals surface area contributed by atoms with Crippen LogP contribution in [-0.4, -0.2) is 11.0 Å². The maximum absolute atomic E-state index is 12.7. The highest BCUT2D eigenvalue weighted by Crippen LogP contribution is 2.09. The molecule has 1 aromatic carbocycles. The topological polar surface area (TPSA) is 12.0 Å². The van der Waals surface area contributed by atoms with E-state index in [0.717, 1.165) is 23.1 Å². The van der Waals surface area contributed by atoms with Crippen molar-refractivity contribution in [3.63, 3.8) is 0 Å². The highest BCUT2D eigenvalue weighted by Gasteiger charge is 1.98. The van der Waals surface area contributed by atoms with Crippen LogP contribution in [0.25, 0.3) is 0 Å². The third kappa shape index (κ3) is 3.60. The summed E-state index contributed by atoms with van der Waals surface area (Å²) in [5, 5.41) is 3.28. The third-order valence-corrected chi connectivity index (χ3v) is 2.43. The second kappa shape index (κ2) is 5.54. The maximum Gasteiger partial charge on any atom is 0.123 e. The van der Waals surface area contributed by atoms with E-state index in [1.807, 2.05) is 13.0 Å². The Morgan fingerprint density at radius 2 is 2.23 bits per heavy atom. The largest absolute Gasteiger partial charge is 0.312 e. The fourth-order valence-corrected chi connectivity index (χ4v) is 1.53. The van der Waals surface area contributed by atoms with Crippen LogP contribution in [0, 0.1) is 12.7 Å². The fraction of sp³-hybridized carbons (Fsp3) is 0.400. The SMILES string of the molecule is Cc1cc(F)ccc1CNCCI. The Bertz CT molecular complexity index is 276. The zero-order valence-corrected chi connectivity index (χ0v) is 9.77. The molecule has 0 unspecified atom stereocenters. The molecule has 1 nitrogen and oxygen atoms in total. The lowest BCUT2D eigenvalue weighted by Gasteiger charge is -2.06. The summed E-state index contributed by atoms with van der Waals surface area (Å²) in [5.74, 6) is -0.157. The summed E-state index contributed by atoms with van der Waals surface area (Å²) >= 11 is 2.32. The third-order valence-electron chi connectivity index (χ3n) is 1.89. The molecule has 0 amide bonds. The first-order valence-corrected chi connectivity index (χ1v) is 5.78. The summed E-state index contributed by atoms with van der Waals surface area (Å²) in [4.78, 5) is 0. The molecule has 1 aromatic rings. The molecule has 0 fully saturated rings. The van der Waals surface area contributed by atoms with Gasteiger partial charge in [-0.3, -0.25) is 0 Å². The van der Waals surface area contributed by atoms with Gasteiger partial charge in [-0.15, -0.1) is 0 Å². The van der Waals surface area contributed by atoms with Gasteiger partial charge in [0.1, 0.15) is 5.82 Å². The number of alkyl halides is 1. The molecule has 0 radical (unpaired) electrons. The Hall–Kier alpha value is -0.160. The molecule has 0 bridgehead atoms. The molecule has 0 aliphatic heterocycles. The van der Waals surface area contributed by atoms with Crippen LogP contribution >= 0.6 is 22.6 Å². The molecule has 1 rings (SSSR count). The number of benzene rings is 1. The summed E-state index contributed by atoms with van der Waals surface area (Å²) in [5.41, 5.74) is 2.19. The Balaban J connectivity index is 2.56. The number of hydrogen-bond acceptors (Lipinski definition) is 1. The van der Waals surface area contributed by atoms with Gasteiger partial charge in [0, 0.05) is 17.5 Å². The van der Waals surface area contributed by atoms with E-state index in [1.165, 1.54) is 11.6 Å². The monoisotopic (exact) mass is 293 g/mol. The number of halogens is 2. The molecule has 0 aliphatic carbocycles. The Kier molecular flexibility index (Phi) is 4.66. The van der Waals surface area contributed by atoms with Crippen LogP contribution in [0.4, 0.5) is 4.39 Å². The average Bonchev–Trinajstić information content (AvgIpc) is 2.09. The van der Waals surface area contributed by atoms with E-state index in [1.54, 1.807) is 6.07 Å². The molecule has 72 valence electrons. The molecule has 13 heavy (non-hydrogen) atoms. The molecule has 0 atom stereocenters. The summed E-state index contributed by atoms with van der Waals surface area (Å²) < 4.78 is 13.8. The molecule has 3 heteroatoms. The van der Waals surface area contributed by atoms with Gasteiger partial charge < -0.3 is 5.32 Å². The molecule has 0 aliphatic rings. The molecule has 0 saturated heterocycles. The van der Waals surface area contributed by atoms with E-state index in [9.17, 15) is 4.39 Å². The number of rotatable bonds is 4. The average molecular weight is 293 g/mol. The second-order valence-corrected chi connectivity index (χ2v) is 4.02. The van der Waals surface area contributed by atoms with Gasteiger partial charge in [0.25, 0.3) is 0 Å². The maximum atomic E-state index is 12.7. The Morgan fingerprint density at radius 3 is 2.85 bits per heavy atom. The zero-order chi connectivity index (χ0) is 9.68. The van der Waals surface area contributed by atoms with Gasteiger partial charge in [0.05, 0.1) is 0 Å². The van der Waals surface area contributed by atoms with Crippen LogP contribution in [0.1, 0.15) is 11.1 Å². The van der Waals surface area contributed by atoms with Crippen molar-refractivity contribution < 1.29 is 4.39 Å². The summed E-state index contributed by atoms with van der Waals surface area (Å²) in [7, 11) is 0. The molecule has 0 saturated carbocycles. The molecular formula is C10H13FIN. The smallest absolute Gasteiger partial charge is 0.123 e. The van der Waals surface area contributed by atoms with E-state index in [0.29, 0.717) is 0 Å². The Labute approximate surface area is 91.9 Å². The zero-order valence-electron chi connectivity index (χ0n) is 7.61. The predicted octanol–water partition coefficient (Wildman–Crippen LogP) is 2.66. The molecule has 1 N–H and O–H groups in total. The van der Waals surface area contributed by atoms with Crippen molar-refractivity contribution in [3.05, 3.63) is 35.1 Å². The first-order chi connectivity index (χ1) is 6.24. The van der Waals surface area contributed by atoms with E-state index < -0.39 is 0 Å². The van der Waals surface area contributed by atoms with E-state index in [-0.39, 0.29) is 5.82 Å². The minimum atomic E-state index is -0.157. The summed E-state index contributed by atoms with van der Waals surface area (Å²) in [6.07, 6.45) is 0. The van der Waals surface area contributed by atoms with Gasteiger partial charge in [0.2, 0.25) is 0 Å². The van der Waals surface area contributed by atoms with E-state index >= 15 is 0 Å². The van der Waals surface area contributed by atoms with Crippen molar-refractivity contribution in [3.8, 4) is 0 Å². The molecule has 0 aromatic heterocycles. The molecule has 0 heterocycles. The van der Waals surface area contributed by atoms with Gasteiger partial charge in [-0.05, 0) is 30.2 Å². The van der Waals surface area contributed by atoms with Crippen LogP contribution in [0.15, 0.2) is 18.2 Å². The minimum absolute atomic E-state index is 0.157. The van der Waals surface area contributed by atoms with Crippen molar-refractivity contribution in [1.29, 1.82) is 0 Å². The van der Waals surface area contributed by atoms with Gasteiger partial charge in [-0.1, -0.05) is 28.7 Å². The van der Waals surface area contributed by atoms with Gasteiger partial charge in [-0.2, -0.15) is 0 Å². The van der Waals surface area contributed by atoms with Crippen molar-refractivity contribution >= 4 is 22.6 Å². The lowest BCUT2D eigenvalue weighted by atomic mass is 10.1. The normalized spacial score (nSPS) is 10.4. The van der Waals surface area contributed by atoms with Gasteiger partial charge in [0.15, 0.2) is 0 Å². The predicted molar refractivity (Wildman–Crippen MR) is 61.7 cm³/mol. The van der Waals surface area contributed by atoms with E-state index in [2.05, 4.69) is 27.9 Å². The molecule has 0 spiro atoms. The van der Waals surface area contributed by atoms with Crippen LogP contribution in [0.3, 0.4) is 0 Å². The number of nitrogens with one attached hydrogen (secondary N) is 1. The standard InChI is InChI=1S/C10H13FIN/c1-8-6-10(11)3-2-9(8)7-13-5-4-12/h2-3,6,13H,4-5,7H2,1H3. The highest BCUT2D eigenvalue weighted by molar-refractivity contribution is 14.1. The van der Waals surface area contributed by atoms with Crippen molar-refractivity contribution in [1.82, 2.24) is 5.32 Å². The second-order valence-electron chi connectivity index (χ2n) is 2.94. The lowest BCUT2D eigenvalue weighted by molar-refractivity contribution is 0.624. The fourth-order valence-electron chi connectivity index (χ4n) is 1.15. The highest BCUT2D eigenvalue weighted by atomic mass is 127. The quantitative estimate of drug-likeness (QED) is 0.511. The first kappa shape index (κ1) is 10.9.